The number of hydrogen-bond acceptors (Lipinski definition) is 2. The molecular formula is C17H27NO. The Morgan fingerprint density at radius 3 is 2.32 bits per heavy atom. The van der Waals surface area contributed by atoms with Crippen LogP contribution in [0.4, 0.5) is 0 Å². The highest BCUT2D eigenvalue weighted by molar-refractivity contribution is 5.44. The van der Waals surface area contributed by atoms with Crippen LogP contribution in [0.25, 0.3) is 0 Å². The molecule has 1 aliphatic rings. The number of methoxy groups -OCH3 is 1. The summed E-state index contributed by atoms with van der Waals surface area (Å²) in [6.07, 6.45) is 8.04. The Bertz CT molecular complexity index is 398. The summed E-state index contributed by atoms with van der Waals surface area (Å²) in [6.45, 7) is 4.19. The predicted octanol–water partition coefficient (Wildman–Crippen LogP) is 4.28. The zero-order valence-corrected chi connectivity index (χ0v) is 12.5. The maximum atomic E-state index is 6.36. The molecule has 1 fully saturated rings. The lowest BCUT2D eigenvalue weighted by molar-refractivity contribution is 0.407. The third-order valence-corrected chi connectivity index (χ3v) is 4.48. The van der Waals surface area contributed by atoms with Gasteiger partial charge in [0.05, 0.1) is 7.11 Å². The zero-order valence-electron chi connectivity index (χ0n) is 12.5. The maximum absolute atomic E-state index is 6.36. The predicted molar refractivity (Wildman–Crippen MR) is 80.6 cm³/mol. The summed E-state index contributed by atoms with van der Waals surface area (Å²) in [6, 6.07) is 4.54. The average molecular weight is 261 g/mol. The molecule has 1 saturated carbocycles. The molecule has 0 amide bonds. The molecule has 0 radical (unpaired) electrons. The largest absolute Gasteiger partial charge is 0.496 e. The van der Waals surface area contributed by atoms with Crippen LogP contribution in [0.5, 0.6) is 5.75 Å². The van der Waals surface area contributed by atoms with Crippen LogP contribution in [0.2, 0.25) is 0 Å². The van der Waals surface area contributed by atoms with E-state index in [9.17, 15) is 0 Å². The molecule has 1 aromatic rings. The van der Waals surface area contributed by atoms with E-state index in [1.165, 1.54) is 48.8 Å². The molecule has 0 aliphatic heterocycles. The van der Waals surface area contributed by atoms with Gasteiger partial charge in [0.2, 0.25) is 0 Å². The van der Waals surface area contributed by atoms with Gasteiger partial charge in [-0.3, -0.25) is 0 Å². The molecule has 2 rings (SSSR count). The smallest absolute Gasteiger partial charge is 0.124 e. The van der Waals surface area contributed by atoms with Crippen molar-refractivity contribution in [1.29, 1.82) is 0 Å². The zero-order chi connectivity index (χ0) is 13.8. The van der Waals surface area contributed by atoms with Gasteiger partial charge in [0.15, 0.2) is 0 Å². The van der Waals surface area contributed by atoms with Crippen molar-refractivity contribution in [2.24, 2.45) is 11.7 Å². The molecule has 2 N–H and O–H groups in total. The molecule has 0 saturated heterocycles. The van der Waals surface area contributed by atoms with E-state index in [-0.39, 0.29) is 6.04 Å². The molecular weight excluding hydrogens is 234 g/mol. The monoisotopic (exact) mass is 261 g/mol. The van der Waals surface area contributed by atoms with Gasteiger partial charge in [-0.25, -0.2) is 0 Å². The fraction of sp³-hybridized carbons (Fsp3) is 0.647. The molecule has 19 heavy (non-hydrogen) atoms. The highest BCUT2D eigenvalue weighted by Crippen LogP contribution is 2.32. The minimum Gasteiger partial charge on any atom is -0.496 e. The van der Waals surface area contributed by atoms with Gasteiger partial charge in [-0.15, -0.1) is 0 Å². The van der Waals surface area contributed by atoms with Crippen LogP contribution >= 0.6 is 0 Å². The fourth-order valence-corrected chi connectivity index (χ4v) is 3.40. The Morgan fingerprint density at radius 1 is 1.21 bits per heavy atom. The first-order valence-corrected chi connectivity index (χ1v) is 7.52. The number of ether oxygens (including phenoxy) is 1. The van der Waals surface area contributed by atoms with E-state index < -0.39 is 0 Å². The second-order valence-electron chi connectivity index (χ2n) is 6.02. The summed E-state index contributed by atoms with van der Waals surface area (Å²) in [5, 5.41) is 0. The minimum absolute atomic E-state index is 0.170. The van der Waals surface area contributed by atoms with Crippen LogP contribution in [0, 0.1) is 19.8 Å². The molecule has 106 valence electrons. The standard InChI is InChI=1S/C17H27NO/c1-12-10-15(11-13(2)17(12)19-3)16(18)9-8-14-6-4-5-7-14/h10-11,14,16H,4-9,18H2,1-3H3. The molecule has 0 aromatic heterocycles. The van der Waals surface area contributed by atoms with Gasteiger partial charge in [-0.05, 0) is 49.3 Å². The SMILES string of the molecule is COc1c(C)cc(C(N)CCC2CCCC2)cc1C. The minimum atomic E-state index is 0.170. The molecule has 1 unspecified atom stereocenters. The van der Waals surface area contributed by atoms with Crippen molar-refractivity contribution in [3.05, 3.63) is 28.8 Å². The van der Waals surface area contributed by atoms with Gasteiger partial charge in [0.1, 0.15) is 5.75 Å². The highest BCUT2D eigenvalue weighted by atomic mass is 16.5. The fourth-order valence-electron chi connectivity index (χ4n) is 3.40. The number of hydrogen-bond donors (Lipinski definition) is 1. The Hall–Kier alpha value is -1.02. The lowest BCUT2D eigenvalue weighted by atomic mass is 9.93. The van der Waals surface area contributed by atoms with Gasteiger partial charge in [-0.1, -0.05) is 37.8 Å². The second-order valence-corrected chi connectivity index (χ2v) is 6.02. The van der Waals surface area contributed by atoms with Crippen molar-refractivity contribution in [3.8, 4) is 5.75 Å². The first-order chi connectivity index (χ1) is 9.11. The van der Waals surface area contributed by atoms with E-state index in [0.29, 0.717) is 0 Å². The van der Waals surface area contributed by atoms with E-state index in [2.05, 4.69) is 26.0 Å². The van der Waals surface area contributed by atoms with Crippen molar-refractivity contribution < 1.29 is 4.74 Å². The van der Waals surface area contributed by atoms with Crippen molar-refractivity contribution in [3.63, 3.8) is 0 Å². The quantitative estimate of drug-likeness (QED) is 0.858. The molecule has 0 heterocycles. The number of benzene rings is 1. The molecule has 1 aromatic carbocycles. The average Bonchev–Trinajstić information content (AvgIpc) is 2.88. The Labute approximate surface area is 117 Å². The van der Waals surface area contributed by atoms with Crippen LogP contribution in [0.3, 0.4) is 0 Å². The Balaban J connectivity index is 2.00. The van der Waals surface area contributed by atoms with Crippen molar-refractivity contribution in [2.45, 2.75) is 58.4 Å². The van der Waals surface area contributed by atoms with E-state index in [4.69, 9.17) is 10.5 Å². The van der Waals surface area contributed by atoms with Gasteiger partial charge in [0.25, 0.3) is 0 Å². The molecule has 1 atom stereocenters. The third kappa shape index (κ3) is 3.50. The van der Waals surface area contributed by atoms with Crippen LogP contribution < -0.4 is 10.5 Å². The highest BCUT2D eigenvalue weighted by Gasteiger charge is 2.17. The number of nitrogens with two attached hydrogens (primary N) is 1. The van der Waals surface area contributed by atoms with Crippen LogP contribution in [0.1, 0.15) is 61.3 Å². The summed E-state index contributed by atoms with van der Waals surface area (Å²) < 4.78 is 5.41. The second kappa shape index (κ2) is 6.42. The van der Waals surface area contributed by atoms with E-state index >= 15 is 0 Å². The van der Waals surface area contributed by atoms with E-state index in [1.54, 1.807) is 7.11 Å². The van der Waals surface area contributed by atoms with Crippen molar-refractivity contribution in [2.75, 3.05) is 7.11 Å². The van der Waals surface area contributed by atoms with Crippen molar-refractivity contribution in [1.82, 2.24) is 0 Å². The summed E-state index contributed by atoms with van der Waals surface area (Å²) in [5.74, 6) is 1.92. The Kier molecular flexibility index (Phi) is 4.87. The summed E-state index contributed by atoms with van der Waals surface area (Å²) >= 11 is 0. The summed E-state index contributed by atoms with van der Waals surface area (Å²) in [4.78, 5) is 0. The molecule has 2 heteroatoms. The normalized spacial score (nSPS) is 17.7. The van der Waals surface area contributed by atoms with Crippen LogP contribution in [0.15, 0.2) is 12.1 Å². The third-order valence-electron chi connectivity index (χ3n) is 4.48. The van der Waals surface area contributed by atoms with E-state index in [0.717, 1.165) is 18.1 Å². The number of aryl methyl sites for hydroxylation is 2. The van der Waals surface area contributed by atoms with E-state index in [1.807, 2.05) is 0 Å². The summed E-state index contributed by atoms with van der Waals surface area (Å²) in [5.41, 5.74) is 10.00. The molecule has 1 aliphatic carbocycles. The lowest BCUT2D eigenvalue weighted by Gasteiger charge is -2.18. The van der Waals surface area contributed by atoms with Gasteiger partial charge >= 0.3 is 0 Å². The topological polar surface area (TPSA) is 35.2 Å². The summed E-state index contributed by atoms with van der Waals surface area (Å²) in [7, 11) is 1.73. The molecule has 2 nitrogen and oxygen atoms in total. The lowest BCUT2D eigenvalue weighted by Crippen LogP contribution is -2.12. The Morgan fingerprint density at radius 2 is 1.79 bits per heavy atom. The molecule has 0 bridgehead atoms. The van der Waals surface area contributed by atoms with Gasteiger partial charge in [0, 0.05) is 6.04 Å². The first kappa shape index (κ1) is 14.4. The molecule has 0 spiro atoms. The van der Waals surface area contributed by atoms with Crippen molar-refractivity contribution >= 4 is 0 Å². The van der Waals surface area contributed by atoms with Gasteiger partial charge in [-0.2, -0.15) is 0 Å². The number of rotatable bonds is 5. The van der Waals surface area contributed by atoms with Gasteiger partial charge < -0.3 is 10.5 Å². The first-order valence-electron chi connectivity index (χ1n) is 7.52. The van der Waals surface area contributed by atoms with Crippen LogP contribution in [-0.4, -0.2) is 7.11 Å². The maximum Gasteiger partial charge on any atom is 0.124 e. The van der Waals surface area contributed by atoms with Crippen LogP contribution in [-0.2, 0) is 0 Å².